The molecular weight excluding hydrogens is 270 g/mol. The predicted octanol–water partition coefficient (Wildman–Crippen LogP) is -0.104. The van der Waals surface area contributed by atoms with Gasteiger partial charge in [0.15, 0.2) is 0 Å². The van der Waals surface area contributed by atoms with E-state index in [4.69, 9.17) is 4.74 Å². The monoisotopic (exact) mass is 295 g/mol. The molecule has 7 heteroatoms. The molecule has 2 rings (SSSR count). The van der Waals surface area contributed by atoms with Crippen molar-refractivity contribution < 1.29 is 9.53 Å². The molecule has 1 aromatic heterocycles. The van der Waals surface area contributed by atoms with Crippen molar-refractivity contribution in [1.29, 1.82) is 0 Å². The first kappa shape index (κ1) is 15.9. The second kappa shape index (κ2) is 7.02. The summed E-state index contributed by atoms with van der Waals surface area (Å²) >= 11 is 0. The van der Waals surface area contributed by atoms with E-state index in [9.17, 15) is 4.79 Å². The summed E-state index contributed by atoms with van der Waals surface area (Å²) in [5, 5.41) is 10.5. The van der Waals surface area contributed by atoms with E-state index in [2.05, 4.69) is 15.7 Å². The summed E-state index contributed by atoms with van der Waals surface area (Å²) in [5.41, 5.74) is 2.61. The van der Waals surface area contributed by atoms with Crippen molar-refractivity contribution in [3.63, 3.8) is 0 Å². The maximum absolute atomic E-state index is 12.1. The minimum atomic E-state index is -0.0273. The summed E-state index contributed by atoms with van der Waals surface area (Å²) in [5.74, 6) is -0.0273. The number of carbonyl (C=O) groups excluding carboxylic acids is 1. The number of ether oxygens (including phenoxy) is 1. The van der Waals surface area contributed by atoms with Crippen LogP contribution in [0.3, 0.4) is 0 Å². The van der Waals surface area contributed by atoms with Crippen LogP contribution in [0, 0.1) is 13.8 Å². The summed E-state index contributed by atoms with van der Waals surface area (Å²) < 4.78 is 7.41. The number of amides is 1. The fourth-order valence-electron chi connectivity index (χ4n) is 2.53. The smallest absolute Gasteiger partial charge is 0.238 e. The average Bonchev–Trinajstić information content (AvgIpc) is 2.66. The first-order chi connectivity index (χ1) is 9.97. The van der Waals surface area contributed by atoms with Gasteiger partial charge in [0.1, 0.15) is 0 Å². The molecule has 1 fully saturated rings. The van der Waals surface area contributed by atoms with Gasteiger partial charge in [0.25, 0.3) is 0 Å². The largest absolute Gasteiger partial charge is 0.374 e. The lowest BCUT2D eigenvalue weighted by molar-refractivity contribution is -0.117. The molecule has 1 saturated heterocycles. The van der Waals surface area contributed by atoms with Crippen LogP contribution in [0.5, 0.6) is 0 Å². The minimum Gasteiger partial charge on any atom is -0.374 e. The fraction of sp³-hybridized carbons (Fsp3) is 0.714. The standard InChI is InChI=1S/C14H25N5O2/c1-10-14(11(2)19(4)17-10)16-13(20)9-18(3)8-12-7-15-5-6-21-12/h12,15H,5-9H2,1-4H3,(H,16,20). The van der Waals surface area contributed by atoms with E-state index >= 15 is 0 Å². The van der Waals surface area contributed by atoms with Crippen molar-refractivity contribution in [2.45, 2.75) is 20.0 Å². The van der Waals surface area contributed by atoms with Crippen molar-refractivity contribution in [1.82, 2.24) is 20.0 Å². The fourth-order valence-corrected chi connectivity index (χ4v) is 2.53. The molecule has 0 aliphatic carbocycles. The number of nitrogens with one attached hydrogen (secondary N) is 2. The molecular formula is C14H25N5O2. The zero-order valence-electron chi connectivity index (χ0n) is 13.3. The summed E-state index contributed by atoms with van der Waals surface area (Å²) in [4.78, 5) is 14.1. The minimum absolute atomic E-state index is 0.0273. The van der Waals surface area contributed by atoms with Crippen LogP contribution >= 0.6 is 0 Å². The normalized spacial score (nSPS) is 19.0. The molecule has 7 nitrogen and oxygen atoms in total. The van der Waals surface area contributed by atoms with Crippen molar-refractivity contribution in [3.8, 4) is 0 Å². The SMILES string of the molecule is Cc1nn(C)c(C)c1NC(=O)CN(C)CC1CNCCO1. The number of aromatic nitrogens is 2. The average molecular weight is 295 g/mol. The number of likely N-dealkylation sites (N-methyl/N-ethyl adjacent to an activating group) is 1. The van der Waals surface area contributed by atoms with Gasteiger partial charge in [0, 0.05) is 26.7 Å². The molecule has 0 aromatic carbocycles. The number of anilines is 1. The number of hydrogen-bond donors (Lipinski definition) is 2. The third-order valence-electron chi connectivity index (χ3n) is 3.71. The molecule has 1 atom stereocenters. The topological polar surface area (TPSA) is 71.4 Å². The number of hydrogen-bond acceptors (Lipinski definition) is 5. The van der Waals surface area contributed by atoms with Crippen LogP contribution in [0.25, 0.3) is 0 Å². The molecule has 0 spiro atoms. The Hall–Kier alpha value is -1.44. The van der Waals surface area contributed by atoms with E-state index in [0.29, 0.717) is 6.54 Å². The lowest BCUT2D eigenvalue weighted by Crippen LogP contribution is -2.45. The van der Waals surface area contributed by atoms with Crippen LogP contribution in [0.2, 0.25) is 0 Å². The Labute approximate surface area is 125 Å². The first-order valence-corrected chi connectivity index (χ1v) is 7.28. The molecule has 0 radical (unpaired) electrons. The van der Waals surface area contributed by atoms with E-state index in [1.165, 1.54) is 0 Å². The second-order valence-corrected chi connectivity index (χ2v) is 5.61. The van der Waals surface area contributed by atoms with Crippen LogP contribution in [0.4, 0.5) is 5.69 Å². The van der Waals surface area contributed by atoms with Gasteiger partial charge in [0.2, 0.25) is 5.91 Å². The molecule has 1 amide bonds. The third-order valence-corrected chi connectivity index (χ3v) is 3.71. The van der Waals surface area contributed by atoms with Gasteiger partial charge in [-0.3, -0.25) is 14.4 Å². The third kappa shape index (κ3) is 4.26. The molecule has 1 aromatic rings. The van der Waals surface area contributed by atoms with Gasteiger partial charge < -0.3 is 15.4 Å². The van der Waals surface area contributed by atoms with Gasteiger partial charge in [0.05, 0.1) is 36.3 Å². The highest BCUT2D eigenvalue weighted by Crippen LogP contribution is 2.18. The van der Waals surface area contributed by atoms with E-state index in [1.54, 1.807) is 4.68 Å². The highest BCUT2D eigenvalue weighted by atomic mass is 16.5. The summed E-state index contributed by atoms with van der Waals surface area (Å²) in [6, 6.07) is 0. The number of rotatable bonds is 5. The number of aryl methyl sites for hydroxylation is 2. The van der Waals surface area contributed by atoms with Gasteiger partial charge in [-0.05, 0) is 20.9 Å². The summed E-state index contributed by atoms with van der Waals surface area (Å²) in [6.45, 7) is 7.40. The summed E-state index contributed by atoms with van der Waals surface area (Å²) in [6.07, 6.45) is 0.151. The molecule has 2 heterocycles. The maximum atomic E-state index is 12.1. The van der Waals surface area contributed by atoms with Gasteiger partial charge in [-0.15, -0.1) is 0 Å². The molecule has 21 heavy (non-hydrogen) atoms. The molecule has 1 aliphatic heterocycles. The quantitative estimate of drug-likeness (QED) is 0.793. The van der Waals surface area contributed by atoms with Gasteiger partial charge >= 0.3 is 0 Å². The van der Waals surface area contributed by atoms with Crippen LogP contribution in [0.15, 0.2) is 0 Å². The van der Waals surface area contributed by atoms with Crippen molar-refractivity contribution in [2.24, 2.45) is 7.05 Å². The van der Waals surface area contributed by atoms with E-state index in [-0.39, 0.29) is 12.0 Å². The van der Waals surface area contributed by atoms with Crippen molar-refractivity contribution >= 4 is 11.6 Å². The molecule has 1 unspecified atom stereocenters. The Kier molecular flexibility index (Phi) is 5.33. The van der Waals surface area contributed by atoms with E-state index < -0.39 is 0 Å². The molecule has 2 N–H and O–H groups in total. The van der Waals surface area contributed by atoms with E-state index in [0.717, 1.165) is 43.3 Å². The highest BCUT2D eigenvalue weighted by Gasteiger charge is 2.18. The van der Waals surface area contributed by atoms with Crippen molar-refractivity contribution in [2.75, 3.05) is 45.2 Å². The predicted molar refractivity (Wildman–Crippen MR) is 81.4 cm³/mol. The first-order valence-electron chi connectivity index (χ1n) is 7.28. The maximum Gasteiger partial charge on any atom is 0.238 e. The van der Waals surface area contributed by atoms with Crippen molar-refractivity contribution in [3.05, 3.63) is 11.4 Å². The Morgan fingerprint density at radius 1 is 1.57 bits per heavy atom. The summed E-state index contributed by atoms with van der Waals surface area (Å²) in [7, 11) is 3.80. The molecule has 0 saturated carbocycles. The number of morpholine rings is 1. The Morgan fingerprint density at radius 2 is 2.33 bits per heavy atom. The van der Waals surface area contributed by atoms with Crippen LogP contribution in [-0.4, -0.2) is 66.5 Å². The van der Waals surface area contributed by atoms with Crippen LogP contribution < -0.4 is 10.6 Å². The molecule has 1 aliphatic rings. The van der Waals surface area contributed by atoms with E-state index in [1.807, 2.05) is 32.8 Å². The van der Waals surface area contributed by atoms with Crippen LogP contribution in [0.1, 0.15) is 11.4 Å². The highest BCUT2D eigenvalue weighted by molar-refractivity contribution is 5.93. The van der Waals surface area contributed by atoms with Gasteiger partial charge in [-0.2, -0.15) is 5.10 Å². The molecule has 0 bridgehead atoms. The van der Waals surface area contributed by atoms with Crippen LogP contribution in [-0.2, 0) is 16.6 Å². The Bertz CT molecular complexity index is 494. The zero-order chi connectivity index (χ0) is 15.4. The van der Waals surface area contributed by atoms with Gasteiger partial charge in [-0.25, -0.2) is 0 Å². The zero-order valence-corrected chi connectivity index (χ0v) is 13.3. The second-order valence-electron chi connectivity index (χ2n) is 5.61. The lowest BCUT2D eigenvalue weighted by Gasteiger charge is -2.27. The Morgan fingerprint density at radius 3 is 2.90 bits per heavy atom. The van der Waals surface area contributed by atoms with Gasteiger partial charge in [-0.1, -0.05) is 0 Å². The number of carbonyl (C=O) groups is 1. The lowest BCUT2D eigenvalue weighted by atomic mass is 10.3. The Balaban J connectivity index is 1.83. The number of nitrogens with zero attached hydrogens (tertiary/aromatic N) is 3. The molecule has 118 valence electrons.